The van der Waals surface area contributed by atoms with Crippen molar-refractivity contribution in [2.45, 2.75) is 47.0 Å². The van der Waals surface area contributed by atoms with Gasteiger partial charge in [-0.1, -0.05) is 85.0 Å². The zero-order valence-corrected chi connectivity index (χ0v) is 39.9. The highest BCUT2D eigenvalue weighted by Gasteiger charge is 2.27. The molecule has 2 atom stereocenters. The molecule has 0 saturated heterocycles. The molecule has 6 aromatic carbocycles. The molecule has 0 amide bonds. The van der Waals surface area contributed by atoms with E-state index in [0.29, 0.717) is 62.9 Å². The lowest BCUT2D eigenvalue weighted by atomic mass is 9.85. The summed E-state index contributed by atoms with van der Waals surface area (Å²) in [6, 6.07) is 33.2. The molecule has 8 rings (SSSR count). The molecule has 0 saturated carbocycles. The number of aromatic hydroxyl groups is 1. The fourth-order valence-corrected chi connectivity index (χ4v) is 7.61. The molecule has 2 aliphatic carbocycles. The van der Waals surface area contributed by atoms with Crippen LogP contribution in [0.2, 0.25) is 0 Å². The number of fused-ring (bicyclic) bond motifs is 3. The second kappa shape index (κ2) is 24.5. The summed E-state index contributed by atoms with van der Waals surface area (Å²) >= 11 is 0. The quantitative estimate of drug-likeness (QED) is 0.0480. The molecule has 2 aliphatic rings. The van der Waals surface area contributed by atoms with Gasteiger partial charge in [-0.2, -0.15) is 0 Å². The number of carbonyl (C=O) groups excluding carboxylic acids is 7. The van der Waals surface area contributed by atoms with E-state index in [1.807, 2.05) is 24.3 Å². The number of rotatable bonds is 13. The van der Waals surface area contributed by atoms with E-state index in [1.54, 1.807) is 130 Å². The van der Waals surface area contributed by atoms with Gasteiger partial charge in [0, 0.05) is 29.2 Å². The first-order chi connectivity index (χ1) is 34.5. The number of ketones is 3. The standard InChI is InChI=1S/C22H17NO5.C22H19NO4.C14H14O3/c1-3-27-20(24)13-16-5-4-15-12-18(10-11-19(15)21(16)25)28-22(26)14-6-8-17(23-2)9-7-14;1-13(24)11-18-8-7-17-12-19(9-10-20(17)21(18)25)27-22(26)16-5-3-15(4-6-16)14(2)23;1-2-17-14(16)8-10-3-4-12-9-13(15)6-5-11(12)7-10/h4-12,16H,3,13H2,1H3;3-10,12,18,23H,11H2,1-2H3;3-7,9,15H,2,8H2,1H3. The van der Waals surface area contributed by atoms with Gasteiger partial charge in [0.15, 0.2) is 17.3 Å². The van der Waals surface area contributed by atoms with E-state index in [0.717, 1.165) is 21.9 Å². The summed E-state index contributed by atoms with van der Waals surface area (Å²) in [6.07, 6.45) is 7.37. The van der Waals surface area contributed by atoms with E-state index < -0.39 is 29.7 Å². The number of allylic oxidation sites excluding steroid dienone is 2. The zero-order valence-electron chi connectivity index (χ0n) is 39.9. The summed E-state index contributed by atoms with van der Waals surface area (Å²) < 4.78 is 20.6. The van der Waals surface area contributed by atoms with Gasteiger partial charge in [-0.3, -0.25) is 24.0 Å². The lowest BCUT2D eigenvalue weighted by Crippen LogP contribution is -2.21. The minimum atomic E-state index is -0.555. The number of phenolic OH excluding ortho intramolecular Hbond substituents is 1. The second-order valence-corrected chi connectivity index (χ2v) is 16.6. The van der Waals surface area contributed by atoms with Gasteiger partial charge in [0.25, 0.3) is 0 Å². The zero-order chi connectivity index (χ0) is 51.9. The first-order valence-corrected chi connectivity index (χ1v) is 22.9. The molecule has 0 fully saturated rings. The van der Waals surface area contributed by atoms with Crippen molar-refractivity contribution in [3.8, 4) is 17.2 Å². The number of nitrogens with zero attached hydrogens (tertiary/aromatic N) is 1. The van der Waals surface area contributed by atoms with Crippen molar-refractivity contribution in [3.63, 3.8) is 0 Å². The van der Waals surface area contributed by atoms with Crippen LogP contribution in [-0.2, 0) is 30.3 Å². The van der Waals surface area contributed by atoms with E-state index in [9.17, 15) is 38.7 Å². The van der Waals surface area contributed by atoms with Crippen molar-refractivity contribution in [1.29, 1.82) is 5.41 Å². The van der Waals surface area contributed by atoms with E-state index in [2.05, 4.69) is 4.85 Å². The van der Waals surface area contributed by atoms with Crippen LogP contribution in [0.15, 0.2) is 133 Å². The molecule has 2 unspecified atom stereocenters. The maximum absolute atomic E-state index is 12.6. The molecule has 0 aromatic heterocycles. The number of benzene rings is 6. The predicted octanol–water partition coefficient (Wildman–Crippen LogP) is 11.0. The maximum atomic E-state index is 12.6. The molecule has 6 aromatic rings. The summed E-state index contributed by atoms with van der Waals surface area (Å²) in [6.45, 7) is 14.3. The molecule has 0 spiro atoms. The van der Waals surface area contributed by atoms with Gasteiger partial charge < -0.3 is 29.5 Å². The van der Waals surface area contributed by atoms with Gasteiger partial charge >= 0.3 is 23.9 Å². The molecule has 0 radical (unpaired) electrons. The number of nitrogens with one attached hydrogen (secondary N) is 1. The highest BCUT2D eigenvalue weighted by molar-refractivity contribution is 6.07. The van der Waals surface area contributed by atoms with Crippen molar-refractivity contribution >= 4 is 75.6 Å². The van der Waals surface area contributed by atoms with E-state index in [4.69, 9.17) is 30.9 Å². The van der Waals surface area contributed by atoms with Crippen LogP contribution in [-0.4, -0.2) is 65.3 Å². The first kappa shape index (κ1) is 52.3. The highest BCUT2D eigenvalue weighted by atomic mass is 16.5. The molecular weight excluding hydrogens is 917 g/mol. The number of esters is 4. The van der Waals surface area contributed by atoms with Crippen LogP contribution in [0.25, 0.3) is 27.8 Å². The largest absolute Gasteiger partial charge is 0.508 e. The molecule has 0 bridgehead atoms. The Morgan fingerprint density at radius 1 is 0.597 bits per heavy atom. The number of ether oxygens (including phenoxy) is 4. The average molecular weight is 967 g/mol. The smallest absolute Gasteiger partial charge is 0.343 e. The summed E-state index contributed by atoms with van der Waals surface area (Å²) in [4.78, 5) is 87.1. The number of hydrogen-bond acceptors (Lipinski definition) is 13. The van der Waals surface area contributed by atoms with Gasteiger partial charge in [-0.25, -0.2) is 14.4 Å². The van der Waals surface area contributed by atoms with E-state index >= 15 is 0 Å². The molecule has 0 aliphatic heterocycles. The molecule has 72 heavy (non-hydrogen) atoms. The molecule has 0 heterocycles. The van der Waals surface area contributed by atoms with Crippen LogP contribution in [0.5, 0.6) is 17.2 Å². The Labute approximate surface area is 415 Å². The monoisotopic (exact) mass is 966 g/mol. The van der Waals surface area contributed by atoms with Crippen molar-refractivity contribution in [1.82, 2.24) is 0 Å². The van der Waals surface area contributed by atoms with Crippen LogP contribution in [0, 0.1) is 23.8 Å². The third-order valence-corrected chi connectivity index (χ3v) is 11.2. The molecule has 14 heteroatoms. The first-order valence-electron chi connectivity index (χ1n) is 22.9. The summed E-state index contributed by atoms with van der Waals surface area (Å²) in [5, 5.41) is 18.9. The number of phenols is 1. The summed E-state index contributed by atoms with van der Waals surface area (Å²) in [7, 11) is 0. The fourth-order valence-electron chi connectivity index (χ4n) is 7.61. The van der Waals surface area contributed by atoms with Crippen LogP contribution < -0.4 is 9.47 Å². The average Bonchev–Trinajstić information content (AvgIpc) is 3.36. The Kier molecular flexibility index (Phi) is 17.8. The third-order valence-electron chi connectivity index (χ3n) is 11.2. The Morgan fingerprint density at radius 2 is 1.08 bits per heavy atom. The Balaban J connectivity index is 0.000000182. The van der Waals surface area contributed by atoms with Crippen LogP contribution in [0.1, 0.15) is 104 Å². The predicted molar refractivity (Wildman–Crippen MR) is 271 cm³/mol. The van der Waals surface area contributed by atoms with Crippen LogP contribution in [0.3, 0.4) is 0 Å². The van der Waals surface area contributed by atoms with Gasteiger partial charge in [0.2, 0.25) is 0 Å². The summed E-state index contributed by atoms with van der Waals surface area (Å²) in [5.74, 6) is -2.09. The van der Waals surface area contributed by atoms with E-state index in [1.165, 1.54) is 19.1 Å². The number of hydrogen-bond donors (Lipinski definition) is 2. The molecular formula is C58H50N2O12. The van der Waals surface area contributed by atoms with E-state index in [-0.39, 0.29) is 54.9 Å². The van der Waals surface area contributed by atoms with Crippen LogP contribution >= 0.6 is 0 Å². The van der Waals surface area contributed by atoms with Crippen LogP contribution in [0.4, 0.5) is 5.69 Å². The van der Waals surface area contributed by atoms with Crippen molar-refractivity contribution in [2.75, 3.05) is 13.2 Å². The lowest BCUT2D eigenvalue weighted by Gasteiger charge is -2.18. The Hall–Kier alpha value is -9.09. The van der Waals surface area contributed by atoms with Gasteiger partial charge in [0.05, 0.1) is 49.7 Å². The highest BCUT2D eigenvalue weighted by Crippen LogP contribution is 2.31. The Bertz CT molecular complexity index is 3180. The maximum Gasteiger partial charge on any atom is 0.343 e. The number of Topliss-reactive ketones (excluding diaryl/α,β-unsaturated/α-hetero) is 3. The van der Waals surface area contributed by atoms with Crippen molar-refractivity contribution in [3.05, 3.63) is 189 Å². The normalized spacial score (nSPS) is 13.9. The molecule has 14 nitrogen and oxygen atoms in total. The number of carbonyl (C=O) groups is 7. The summed E-state index contributed by atoms with van der Waals surface area (Å²) in [5.41, 5.74) is 5.50. The molecule has 364 valence electrons. The topological polar surface area (TPSA) is 205 Å². The Morgan fingerprint density at radius 3 is 1.60 bits per heavy atom. The fraction of sp³-hybridized carbons (Fsp3) is 0.190. The molecule has 2 N–H and O–H groups in total. The van der Waals surface area contributed by atoms with Crippen molar-refractivity contribution in [2.24, 2.45) is 11.8 Å². The third kappa shape index (κ3) is 14.0. The second-order valence-electron chi connectivity index (χ2n) is 16.6. The SMILES string of the molecule is CC(=N)c1ccc(C(=O)Oc2ccc3c(c2)C=CC(CC(C)=O)C3=O)cc1.CCOC(=O)Cc1ccc2cc(O)ccc2c1.[C-]#[N+]c1ccc(C(=O)Oc2ccc3c(c2)C=CC(CC(=O)OCC)C3=O)cc1. The van der Waals surface area contributed by atoms with Crippen molar-refractivity contribution < 1.29 is 57.6 Å². The minimum absolute atomic E-state index is 0.0000479. The minimum Gasteiger partial charge on any atom is -0.508 e. The van der Waals surface area contributed by atoms with Gasteiger partial charge in [-0.15, -0.1) is 0 Å². The lowest BCUT2D eigenvalue weighted by molar-refractivity contribution is -0.144. The van der Waals surface area contributed by atoms with Gasteiger partial charge in [-0.05, 0) is 121 Å². The van der Waals surface area contributed by atoms with Gasteiger partial charge in [0.1, 0.15) is 23.0 Å².